The first-order valence-electron chi connectivity index (χ1n) is 8.74. The molecule has 0 bridgehead atoms. The van der Waals surface area contributed by atoms with Gasteiger partial charge in [-0.2, -0.15) is 0 Å². The van der Waals surface area contributed by atoms with Gasteiger partial charge in [-0.05, 0) is 48.5 Å². The van der Waals surface area contributed by atoms with E-state index in [0.29, 0.717) is 39.5 Å². The molecule has 1 N–H and O–H groups in total. The Labute approximate surface area is 165 Å². The molecule has 0 saturated heterocycles. The van der Waals surface area contributed by atoms with Crippen LogP contribution in [-0.2, 0) is 0 Å². The summed E-state index contributed by atoms with van der Waals surface area (Å²) in [7, 11) is 3.09. The van der Waals surface area contributed by atoms with Crippen LogP contribution in [0.3, 0.4) is 0 Å². The molecule has 0 aliphatic carbocycles. The lowest BCUT2D eigenvalue weighted by molar-refractivity contribution is 0.0996. The number of hydrogen-bond acceptors (Lipinski definition) is 6. The molecule has 0 saturated carbocycles. The van der Waals surface area contributed by atoms with Crippen molar-refractivity contribution in [2.75, 3.05) is 19.5 Å². The summed E-state index contributed by atoms with van der Waals surface area (Å²) < 4.78 is 21.5. The molecule has 2 aromatic carbocycles. The van der Waals surface area contributed by atoms with Gasteiger partial charge in [0.2, 0.25) is 0 Å². The Hall–Kier alpha value is -4.00. The van der Waals surface area contributed by atoms with Gasteiger partial charge in [0.25, 0.3) is 5.91 Å². The summed E-state index contributed by atoms with van der Waals surface area (Å²) in [6.07, 6.45) is 1.42. The first-order valence-corrected chi connectivity index (χ1v) is 8.74. The van der Waals surface area contributed by atoms with Crippen molar-refractivity contribution in [3.63, 3.8) is 0 Å². The molecule has 0 aliphatic heterocycles. The number of hydrogen-bond donors (Lipinski definition) is 1. The van der Waals surface area contributed by atoms with Crippen molar-refractivity contribution in [2.45, 2.75) is 0 Å². The number of carbonyl (C=O) groups excluding carboxylic acids is 1. The molecule has 7 heteroatoms. The molecule has 0 aliphatic rings. The van der Waals surface area contributed by atoms with Gasteiger partial charge >= 0.3 is 0 Å². The predicted molar refractivity (Wildman–Crippen MR) is 108 cm³/mol. The van der Waals surface area contributed by atoms with E-state index in [2.05, 4.69) is 5.32 Å². The fraction of sp³-hybridized carbons (Fsp3) is 0.0909. The molecule has 7 nitrogen and oxygen atoms in total. The maximum Gasteiger partial charge on any atom is 0.291 e. The molecule has 0 radical (unpaired) electrons. The van der Waals surface area contributed by atoms with Crippen LogP contribution in [0.2, 0.25) is 0 Å². The molecule has 2 heterocycles. The van der Waals surface area contributed by atoms with Crippen LogP contribution in [0, 0.1) is 0 Å². The summed E-state index contributed by atoms with van der Waals surface area (Å²) in [6, 6.07) is 14.7. The van der Waals surface area contributed by atoms with Gasteiger partial charge in [-0.25, -0.2) is 0 Å². The number of furan rings is 1. The van der Waals surface area contributed by atoms with Crippen LogP contribution in [0.25, 0.3) is 22.3 Å². The first kappa shape index (κ1) is 18.4. The molecule has 4 rings (SSSR count). The lowest BCUT2D eigenvalue weighted by Crippen LogP contribution is -2.11. The van der Waals surface area contributed by atoms with E-state index >= 15 is 0 Å². The van der Waals surface area contributed by atoms with E-state index in [9.17, 15) is 9.59 Å². The van der Waals surface area contributed by atoms with Crippen LogP contribution in [0.15, 0.2) is 74.5 Å². The third kappa shape index (κ3) is 3.58. The normalized spacial score (nSPS) is 10.7. The number of ether oxygens (including phenoxy) is 2. The molecule has 1 amide bonds. The molecule has 29 heavy (non-hydrogen) atoms. The Kier molecular flexibility index (Phi) is 4.78. The molecule has 0 atom stereocenters. The van der Waals surface area contributed by atoms with Crippen LogP contribution in [0.5, 0.6) is 11.5 Å². The molecule has 0 fully saturated rings. The van der Waals surface area contributed by atoms with Crippen LogP contribution in [0.4, 0.5) is 5.69 Å². The van der Waals surface area contributed by atoms with Crippen LogP contribution >= 0.6 is 0 Å². The summed E-state index contributed by atoms with van der Waals surface area (Å²) in [6.45, 7) is 0. The van der Waals surface area contributed by atoms with Crippen molar-refractivity contribution in [3.8, 4) is 22.8 Å². The molecule has 2 aromatic heterocycles. The van der Waals surface area contributed by atoms with Crippen molar-refractivity contribution in [1.82, 2.24) is 0 Å². The lowest BCUT2D eigenvalue weighted by Gasteiger charge is -2.10. The monoisotopic (exact) mass is 391 g/mol. The Morgan fingerprint density at radius 2 is 1.79 bits per heavy atom. The predicted octanol–water partition coefficient (Wildman–Crippen LogP) is 4.32. The van der Waals surface area contributed by atoms with E-state index in [4.69, 9.17) is 18.3 Å². The van der Waals surface area contributed by atoms with E-state index in [1.54, 1.807) is 55.6 Å². The molecular weight excluding hydrogens is 374 g/mol. The summed E-state index contributed by atoms with van der Waals surface area (Å²) in [4.78, 5) is 24.8. The Bertz CT molecular complexity index is 1240. The topological polar surface area (TPSA) is 90.9 Å². The van der Waals surface area contributed by atoms with Gasteiger partial charge in [-0.3, -0.25) is 9.59 Å². The fourth-order valence-electron chi connectivity index (χ4n) is 2.97. The van der Waals surface area contributed by atoms with Crippen molar-refractivity contribution < 1.29 is 23.1 Å². The lowest BCUT2D eigenvalue weighted by atomic mass is 10.1. The maximum atomic E-state index is 12.7. The number of carbonyl (C=O) groups is 1. The molecule has 146 valence electrons. The highest BCUT2D eigenvalue weighted by Gasteiger charge is 2.13. The second-order valence-corrected chi connectivity index (χ2v) is 6.19. The summed E-state index contributed by atoms with van der Waals surface area (Å²) in [5.74, 6) is 1.29. The minimum atomic E-state index is -0.402. The summed E-state index contributed by atoms with van der Waals surface area (Å²) >= 11 is 0. The quantitative estimate of drug-likeness (QED) is 0.545. The van der Waals surface area contributed by atoms with Crippen molar-refractivity contribution in [2.24, 2.45) is 0 Å². The average Bonchev–Trinajstić information content (AvgIpc) is 3.28. The van der Waals surface area contributed by atoms with Crippen molar-refractivity contribution in [1.29, 1.82) is 0 Å². The molecule has 0 unspecified atom stereocenters. The molecule has 4 aromatic rings. The van der Waals surface area contributed by atoms with Gasteiger partial charge in [0, 0.05) is 17.3 Å². The number of rotatable bonds is 5. The SMILES string of the molecule is COc1ccc(-c2cc(=O)c3cc(NC(=O)c4ccco4)ccc3o2)cc1OC. The fourth-order valence-corrected chi connectivity index (χ4v) is 2.97. The molecular formula is C22H17NO6. The van der Waals surface area contributed by atoms with E-state index in [-0.39, 0.29) is 11.2 Å². The third-order valence-corrected chi connectivity index (χ3v) is 4.40. The Balaban J connectivity index is 1.69. The summed E-state index contributed by atoms with van der Waals surface area (Å²) in [5.41, 5.74) is 1.31. The van der Waals surface area contributed by atoms with Crippen LogP contribution in [-0.4, -0.2) is 20.1 Å². The van der Waals surface area contributed by atoms with Crippen molar-refractivity contribution in [3.05, 3.63) is 76.8 Å². The number of amides is 1. The summed E-state index contributed by atoms with van der Waals surface area (Å²) in [5, 5.41) is 3.05. The number of fused-ring (bicyclic) bond motifs is 1. The van der Waals surface area contributed by atoms with E-state index in [0.717, 1.165) is 0 Å². The van der Waals surface area contributed by atoms with Gasteiger partial charge in [0.15, 0.2) is 22.7 Å². The van der Waals surface area contributed by atoms with Crippen molar-refractivity contribution >= 4 is 22.6 Å². The number of nitrogens with one attached hydrogen (secondary N) is 1. The Morgan fingerprint density at radius 1 is 0.966 bits per heavy atom. The highest BCUT2D eigenvalue weighted by molar-refractivity contribution is 6.03. The van der Waals surface area contributed by atoms with Gasteiger partial charge in [-0.15, -0.1) is 0 Å². The zero-order valence-corrected chi connectivity index (χ0v) is 15.7. The molecule has 0 spiro atoms. The average molecular weight is 391 g/mol. The van der Waals surface area contributed by atoms with E-state index in [1.807, 2.05) is 0 Å². The highest BCUT2D eigenvalue weighted by atomic mass is 16.5. The maximum absolute atomic E-state index is 12.7. The zero-order valence-electron chi connectivity index (χ0n) is 15.7. The van der Waals surface area contributed by atoms with E-state index < -0.39 is 5.91 Å². The third-order valence-electron chi connectivity index (χ3n) is 4.40. The van der Waals surface area contributed by atoms with Crippen LogP contribution in [0.1, 0.15) is 10.6 Å². The van der Waals surface area contributed by atoms with Gasteiger partial charge in [0.1, 0.15) is 11.3 Å². The number of anilines is 1. The second-order valence-electron chi connectivity index (χ2n) is 6.19. The highest BCUT2D eigenvalue weighted by Crippen LogP contribution is 2.33. The Morgan fingerprint density at radius 3 is 2.52 bits per heavy atom. The minimum absolute atomic E-state index is 0.181. The van der Waals surface area contributed by atoms with Gasteiger partial charge in [0.05, 0.1) is 25.9 Å². The second kappa shape index (κ2) is 7.55. The first-order chi connectivity index (χ1) is 14.1. The standard InChI is InChI=1S/C22H17NO6/c1-26-18-7-5-13(10-21(18)27-2)20-12-16(24)15-11-14(6-8-17(15)29-20)23-22(25)19-4-3-9-28-19/h3-12H,1-2H3,(H,23,25). The smallest absolute Gasteiger partial charge is 0.291 e. The largest absolute Gasteiger partial charge is 0.493 e. The minimum Gasteiger partial charge on any atom is -0.493 e. The zero-order chi connectivity index (χ0) is 20.4. The van der Waals surface area contributed by atoms with Gasteiger partial charge in [-0.1, -0.05) is 0 Å². The van der Waals surface area contributed by atoms with E-state index in [1.165, 1.54) is 19.4 Å². The van der Waals surface area contributed by atoms with Crippen LogP contribution < -0.4 is 20.2 Å². The van der Waals surface area contributed by atoms with Gasteiger partial charge < -0.3 is 23.6 Å². The number of benzene rings is 2. The number of methoxy groups -OCH3 is 2.